The first-order valence-corrected chi connectivity index (χ1v) is 4.94. The zero-order valence-electron chi connectivity index (χ0n) is 6.92. The van der Waals surface area contributed by atoms with Gasteiger partial charge in [0.15, 0.2) is 0 Å². The quantitative estimate of drug-likeness (QED) is 0.495. The van der Waals surface area contributed by atoms with E-state index < -0.39 is 0 Å². The van der Waals surface area contributed by atoms with Gasteiger partial charge in [-0.25, -0.2) is 0 Å². The number of aliphatic hydroxyl groups excluding tert-OH is 1. The van der Waals surface area contributed by atoms with Gasteiger partial charge in [-0.2, -0.15) is 0 Å². The maximum absolute atomic E-state index is 8.76. The minimum absolute atomic E-state index is 0. The molecule has 0 aromatic rings. The van der Waals surface area contributed by atoms with Crippen molar-refractivity contribution >= 4 is 11.8 Å². The van der Waals surface area contributed by atoms with Crippen molar-refractivity contribution < 1.29 is 22.0 Å². The van der Waals surface area contributed by atoms with E-state index in [1.54, 1.807) is 0 Å². The van der Waals surface area contributed by atoms with E-state index in [0.717, 1.165) is 11.0 Å². The molecule has 11 heavy (non-hydrogen) atoms. The molecule has 0 amide bonds. The summed E-state index contributed by atoms with van der Waals surface area (Å²) in [6.45, 7) is 2.50. The maximum Gasteiger partial charge on any atom is 0.125 e. The minimum Gasteiger partial charge on any atom is -1.00 e. The Balaban J connectivity index is 0.000001000. The van der Waals surface area contributed by atoms with Gasteiger partial charge in [-0.05, 0) is 0 Å². The average molecular weight is 198 g/mol. The van der Waals surface area contributed by atoms with E-state index in [1.165, 1.54) is 24.6 Å². The second kappa shape index (κ2) is 5.25. The predicted molar refractivity (Wildman–Crippen MR) is 44.9 cm³/mol. The molecule has 1 rings (SSSR count). The molecule has 1 heterocycles. The number of likely N-dealkylation sites (N-methyl/N-ethyl adjacent to an activating group) is 1. The largest absolute Gasteiger partial charge is 1.00 e. The Kier molecular flexibility index (Phi) is 5.52. The molecule has 0 aromatic carbocycles. The Morgan fingerprint density at radius 1 is 1.55 bits per heavy atom. The lowest BCUT2D eigenvalue weighted by atomic mass is 10.3. The Hall–Kier alpha value is 0.560. The van der Waals surface area contributed by atoms with Gasteiger partial charge >= 0.3 is 0 Å². The first-order chi connectivity index (χ1) is 4.77. The van der Waals surface area contributed by atoms with Crippen LogP contribution >= 0.6 is 11.8 Å². The molecule has 0 aliphatic carbocycles. The van der Waals surface area contributed by atoms with Crippen LogP contribution in [-0.4, -0.2) is 48.0 Å². The van der Waals surface area contributed by atoms with Crippen molar-refractivity contribution in [1.29, 1.82) is 0 Å². The topological polar surface area (TPSA) is 20.2 Å². The highest BCUT2D eigenvalue weighted by Crippen LogP contribution is 2.19. The molecule has 0 aromatic heterocycles. The van der Waals surface area contributed by atoms with Gasteiger partial charge in [0.1, 0.15) is 12.4 Å². The van der Waals surface area contributed by atoms with Gasteiger partial charge in [0.25, 0.3) is 0 Å². The summed E-state index contributed by atoms with van der Waals surface area (Å²) in [5.74, 6) is 2.49. The second-order valence-electron chi connectivity index (χ2n) is 3.18. The van der Waals surface area contributed by atoms with Crippen LogP contribution in [0.15, 0.2) is 0 Å². The van der Waals surface area contributed by atoms with Crippen molar-refractivity contribution in [2.24, 2.45) is 0 Å². The smallest absolute Gasteiger partial charge is 0.125 e. The van der Waals surface area contributed by atoms with Crippen molar-refractivity contribution in [3.8, 4) is 0 Å². The fraction of sp³-hybridized carbons (Fsp3) is 1.00. The maximum atomic E-state index is 8.76. The lowest BCUT2D eigenvalue weighted by molar-refractivity contribution is -0.898. The first kappa shape index (κ1) is 11.6. The Bertz CT molecular complexity index is 101. The van der Waals surface area contributed by atoms with Gasteiger partial charge < -0.3 is 22.0 Å². The van der Waals surface area contributed by atoms with Crippen molar-refractivity contribution in [3.63, 3.8) is 0 Å². The summed E-state index contributed by atoms with van der Waals surface area (Å²) in [6.07, 6.45) is 1.31. The Labute approximate surface area is 79.0 Å². The van der Waals surface area contributed by atoms with Crippen molar-refractivity contribution in [3.05, 3.63) is 0 Å². The van der Waals surface area contributed by atoms with Gasteiger partial charge in [-0.15, -0.1) is 11.8 Å². The Morgan fingerprint density at radius 2 is 2.27 bits per heavy atom. The number of quaternary nitrogens is 1. The standard InChI is InChI=1S/C7H16NOS.ClH/c1-8(4-5-9)3-2-6-10-7-8;/h9H,2-7H2,1H3;1H/q+1;/p-1. The number of nitrogens with zero attached hydrogens (tertiary/aromatic N) is 1. The molecule has 0 radical (unpaired) electrons. The van der Waals surface area contributed by atoms with Gasteiger partial charge in [0.05, 0.1) is 20.2 Å². The number of halogens is 1. The highest BCUT2D eigenvalue weighted by Gasteiger charge is 2.23. The van der Waals surface area contributed by atoms with E-state index >= 15 is 0 Å². The van der Waals surface area contributed by atoms with Crippen molar-refractivity contribution in [2.75, 3.05) is 38.4 Å². The summed E-state index contributed by atoms with van der Waals surface area (Å²) in [5.41, 5.74) is 0. The number of rotatable bonds is 2. The zero-order valence-corrected chi connectivity index (χ0v) is 8.50. The van der Waals surface area contributed by atoms with Gasteiger partial charge in [0.2, 0.25) is 0 Å². The molecule has 1 saturated heterocycles. The molecular weight excluding hydrogens is 182 g/mol. The lowest BCUT2D eigenvalue weighted by Crippen LogP contribution is -3.00. The third kappa shape index (κ3) is 3.65. The van der Waals surface area contributed by atoms with Crippen LogP contribution in [0.3, 0.4) is 0 Å². The zero-order chi connectivity index (χ0) is 7.45. The van der Waals surface area contributed by atoms with Crippen LogP contribution in [0.1, 0.15) is 6.42 Å². The van der Waals surface area contributed by atoms with Crippen molar-refractivity contribution in [2.45, 2.75) is 6.42 Å². The summed E-state index contributed by atoms with van der Waals surface area (Å²) in [4.78, 5) is 0. The molecule has 4 heteroatoms. The van der Waals surface area contributed by atoms with Crippen LogP contribution < -0.4 is 12.4 Å². The monoisotopic (exact) mass is 197 g/mol. The molecule has 2 nitrogen and oxygen atoms in total. The molecule has 1 aliphatic rings. The minimum atomic E-state index is 0. The summed E-state index contributed by atoms with van der Waals surface area (Å²) in [6, 6.07) is 0. The average Bonchev–Trinajstić information content (AvgIpc) is 1.89. The second-order valence-corrected chi connectivity index (χ2v) is 4.26. The Morgan fingerprint density at radius 3 is 2.73 bits per heavy atom. The van der Waals surface area contributed by atoms with Crippen LogP contribution in [0, 0.1) is 0 Å². The summed E-state index contributed by atoms with van der Waals surface area (Å²) in [7, 11) is 2.22. The molecule has 0 spiro atoms. The molecule has 68 valence electrons. The fourth-order valence-corrected chi connectivity index (χ4v) is 2.48. The summed E-state index contributed by atoms with van der Waals surface area (Å²) >= 11 is 2.00. The number of thioether (sulfide) groups is 1. The third-order valence-corrected chi connectivity index (χ3v) is 3.41. The van der Waals surface area contributed by atoms with E-state index in [0.29, 0.717) is 6.61 Å². The predicted octanol–water partition coefficient (Wildman–Crippen LogP) is -2.48. The SMILES string of the molecule is C[N+]1(CCO)CCCSC1.[Cl-]. The fourth-order valence-electron chi connectivity index (χ4n) is 1.32. The lowest BCUT2D eigenvalue weighted by Gasteiger charge is -2.36. The molecule has 1 aliphatic heterocycles. The molecule has 1 N–H and O–H groups in total. The summed E-state index contributed by atoms with van der Waals surface area (Å²) < 4.78 is 1.06. The van der Waals surface area contributed by atoms with Crippen LogP contribution in [0.2, 0.25) is 0 Å². The van der Waals surface area contributed by atoms with E-state index in [9.17, 15) is 0 Å². The number of hydrogen-bond acceptors (Lipinski definition) is 2. The van der Waals surface area contributed by atoms with Gasteiger partial charge in [-0.3, -0.25) is 0 Å². The molecule has 1 unspecified atom stereocenters. The van der Waals surface area contributed by atoms with Crippen LogP contribution in [0.4, 0.5) is 0 Å². The van der Waals surface area contributed by atoms with E-state index in [1.807, 2.05) is 11.8 Å². The molecular formula is C7H16ClNOS. The number of hydrogen-bond donors (Lipinski definition) is 1. The van der Waals surface area contributed by atoms with Crippen LogP contribution in [-0.2, 0) is 0 Å². The van der Waals surface area contributed by atoms with Gasteiger partial charge in [0, 0.05) is 12.2 Å². The molecule has 0 saturated carbocycles. The van der Waals surface area contributed by atoms with E-state index in [-0.39, 0.29) is 12.4 Å². The van der Waals surface area contributed by atoms with Crippen LogP contribution in [0.5, 0.6) is 0 Å². The summed E-state index contributed by atoms with van der Waals surface area (Å²) in [5, 5.41) is 8.76. The van der Waals surface area contributed by atoms with E-state index in [2.05, 4.69) is 7.05 Å². The highest BCUT2D eigenvalue weighted by atomic mass is 35.5. The highest BCUT2D eigenvalue weighted by molar-refractivity contribution is 7.99. The van der Waals surface area contributed by atoms with Gasteiger partial charge in [-0.1, -0.05) is 0 Å². The first-order valence-electron chi connectivity index (χ1n) is 3.79. The molecule has 1 atom stereocenters. The number of aliphatic hydroxyl groups is 1. The molecule has 1 fully saturated rings. The molecule has 0 bridgehead atoms. The van der Waals surface area contributed by atoms with Crippen molar-refractivity contribution in [1.82, 2.24) is 0 Å². The normalized spacial score (nSPS) is 31.1. The third-order valence-electron chi connectivity index (χ3n) is 2.03. The van der Waals surface area contributed by atoms with Crippen LogP contribution in [0.25, 0.3) is 0 Å². The van der Waals surface area contributed by atoms with E-state index in [4.69, 9.17) is 5.11 Å².